The summed E-state index contributed by atoms with van der Waals surface area (Å²) in [4.78, 5) is 26.0. The zero-order valence-electron chi connectivity index (χ0n) is 23.0. The van der Waals surface area contributed by atoms with E-state index < -0.39 is 17.1 Å². The van der Waals surface area contributed by atoms with Crippen LogP contribution in [0.4, 0.5) is 0 Å². The number of carbonyl (C=O) groups excluding carboxylic acids is 2. The van der Waals surface area contributed by atoms with E-state index in [0.29, 0.717) is 36.0 Å². The monoisotopic (exact) mass is 488 g/mol. The van der Waals surface area contributed by atoms with Gasteiger partial charge >= 0.3 is 5.97 Å². The molecule has 0 radical (unpaired) electrons. The Balaban J connectivity index is 1.46. The fourth-order valence-corrected chi connectivity index (χ4v) is 9.93. The molecule has 0 aromatic carbocycles. The first kappa shape index (κ1) is 25.7. The highest BCUT2D eigenvalue weighted by Crippen LogP contribution is 2.74. The molecule has 1 saturated heterocycles. The molecule has 5 nitrogen and oxygen atoms in total. The Labute approximate surface area is 212 Å². The molecule has 4 aliphatic carbocycles. The number of epoxide rings is 1. The number of aliphatic hydroxyl groups excluding tert-OH is 1. The lowest BCUT2D eigenvalue weighted by molar-refractivity contribution is -0.194. The minimum atomic E-state index is -0.683. The maximum Gasteiger partial charge on any atom is 0.302 e. The second kappa shape index (κ2) is 8.55. The lowest BCUT2D eigenvalue weighted by Crippen LogP contribution is -2.66. The van der Waals surface area contributed by atoms with Gasteiger partial charge in [-0.1, -0.05) is 47.5 Å². The number of fused-ring (bicyclic) bond motifs is 4. The largest absolute Gasteiger partial charge is 0.462 e. The number of hydrogen-bond acceptors (Lipinski definition) is 5. The van der Waals surface area contributed by atoms with E-state index in [1.165, 1.54) is 32.6 Å². The van der Waals surface area contributed by atoms with Crippen LogP contribution in [0.1, 0.15) is 99.8 Å². The molecule has 35 heavy (non-hydrogen) atoms. The number of ketones is 1. The van der Waals surface area contributed by atoms with E-state index in [1.54, 1.807) is 0 Å². The van der Waals surface area contributed by atoms with Gasteiger partial charge in [0.25, 0.3) is 0 Å². The molecule has 198 valence electrons. The number of hydrogen-bond donors (Lipinski definition) is 1. The molecular weight excluding hydrogens is 440 g/mol. The molecule has 12 atom stereocenters. The maximum absolute atomic E-state index is 13.6. The SMILES string of the molecule is CC(=O)OC1C[C@@]2(C)C(CC[C@@H]2C(C)CCC(C)C(C)C)[C@@H]2C[C@H]3O[C@]34C[C@@H](O)CC(=O)[C@]4(C)C12. The zero-order chi connectivity index (χ0) is 25.5. The molecular formula is C30H48O5. The van der Waals surface area contributed by atoms with Crippen molar-refractivity contribution in [1.29, 1.82) is 0 Å². The smallest absolute Gasteiger partial charge is 0.302 e. The number of rotatable bonds is 6. The molecule has 1 spiro atoms. The number of Topliss-reactive ketones (excluding diaryl/α,β-unsaturated/α-hetero) is 1. The minimum absolute atomic E-state index is 0.0155. The summed E-state index contributed by atoms with van der Waals surface area (Å²) < 4.78 is 12.5. The summed E-state index contributed by atoms with van der Waals surface area (Å²) in [6.07, 6.45) is 6.63. The molecule has 0 aromatic rings. The summed E-state index contributed by atoms with van der Waals surface area (Å²) >= 11 is 0. The highest BCUT2D eigenvalue weighted by Gasteiger charge is 2.80. The van der Waals surface area contributed by atoms with Gasteiger partial charge in [0, 0.05) is 25.7 Å². The van der Waals surface area contributed by atoms with E-state index in [-0.39, 0.29) is 41.7 Å². The van der Waals surface area contributed by atoms with Gasteiger partial charge in [-0.2, -0.15) is 0 Å². The topological polar surface area (TPSA) is 76.1 Å². The van der Waals surface area contributed by atoms with E-state index >= 15 is 0 Å². The second-order valence-electron chi connectivity index (χ2n) is 14.0. The van der Waals surface area contributed by atoms with Crippen molar-refractivity contribution in [3.63, 3.8) is 0 Å². The van der Waals surface area contributed by atoms with Gasteiger partial charge in [-0.15, -0.1) is 0 Å². The normalized spacial score (nSPS) is 50.0. The quantitative estimate of drug-likeness (QED) is 0.391. The molecule has 0 amide bonds. The predicted molar refractivity (Wildman–Crippen MR) is 134 cm³/mol. The Kier molecular flexibility index (Phi) is 6.27. The number of aliphatic hydroxyl groups is 1. The van der Waals surface area contributed by atoms with E-state index in [0.717, 1.165) is 18.8 Å². The Morgan fingerprint density at radius 1 is 1.14 bits per heavy atom. The van der Waals surface area contributed by atoms with Gasteiger partial charge in [0.2, 0.25) is 0 Å². The Hall–Kier alpha value is -0.940. The van der Waals surface area contributed by atoms with Crippen LogP contribution in [0.5, 0.6) is 0 Å². The molecule has 4 saturated carbocycles. The molecule has 1 aliphatic heterocycles. The van der Waals surface area contributed by atoms with Crippen molar-refractivity contribution < 1.29 is 24.2 Å². The zero-order valence-corrected chi connectivity index (χ0v) is 23.0. The highest BCUT2D eigenvalue weighted by atomic mass is 16.6. The van der Waals surface area contributed by atoms with Gasteiger partial charge in [0.1, 0.15) is 17.5 Å². The van der Waals surface area contributed by atoms with E-state index in [9.17, 15) is 14.7 Å². The van der Waals surface area contributed by atoms with Crippen molar-refractivity contribution in [3.8, 4) is 0 Å². The Bertz CT molecular complexity index is 869. The molecule has 5 unspecified atom stereocenters. The van der Waals surface area contributed by atoms with E-state index in [2.05, 4.69) is 41.5 Å². The Morgan fingerprint density at radius 3 is 2.51 bits per heavy atom. The maximum atomic E-state index is 13.6. The lowest BCUT2D eigenvalue weighted by Gasteiger charge is -2.60. The molecule has 5 fully saturated rings. The van der Waals surface area contributed by atoms with Crippen LogP contribution in [0.2, 0.25) is 0 Å². The van der Waals surface area contributed by atoms with Crippen molar-refractivity contribution >= 4 is 11.8 Å². The lowest BCUT2D eigenvalue weighted by atomic mass is 9.43. The van der Waals surface area contributed by atoms with Crippen molar-refractivity contribution in [2.24, 2.45) is 52.3 Å². The first-order chi connectivity index (χ1) is 16.3. The third-order valence-electron chi connectivity index (χ3n) is 12.1. The second-order valence-corrected chi connectivity index (χ2v) is 14.0. The average molecular weight is 489 g/mol. The molecule has 5 heteroatoms. The van der Waals surface area contributed by atoms with Gasteiger partial charge < -0.3 is 14.6 Å². The number of esters is 1. The minimum Gasteiger partial charge on any atom is -0.462 e. The molecule has 1 heterocycles. The third-order valence-corrected chi connectivity index (χ3v) is 12.1. The highest BCUT2D eigenvalue weighted by molar-refractivity contribution is 5.89. The molecule has 0 bridgehead atoms. The van der Waals surface area contributed by atoms with Crippen LogP contribution in [-0.4, -0.2) is 40.8 Å². The summed E-state index contributed by atoms with van der Waals surface area (Å²) in [5.74, 6) is 3.42. The van der Waals surface area contributed by atoms with Crippen LogP contribution in [0.25, 0.3) is 0 Å². The fourth-order valence-electron chi connectivity index (χ4n) is 9.93. The predicted octanol–water partition coefficient (Wildman–Crippen LogP) is 5.57. The summed E-state index contributed by atoms with van der Waals surface area (Å²) in [6.45, 7) is 15.5. The third kappa shape index (κ3) is 3.68. The fraction of sp³-hybridized carbons (Fsp3) is 0.933. The van der Waals surface area contributed by atoms with Gasteiger partial charge in [-0.05, 0) is 73.5 Å². The number of ether oxygens (including phenoxy) is 2. The van der Waals surface area contributed by atoms with E-state index in [1.807, 2.05) is 0 Å². The van der Waals surface area contributed by atoms with Crippen LogP contribution in [0.3, 0.4) is 0 Å². The Morgan fingerprint density at radius 2 is 1.86 bits per heavy atom. The first-order valence-corrected chi connectivity index (χ1v) is 14.4. The molecule has 1 N–H and O–H groups in total. The molecule has 0 aromatic heterocycles. The molecule has 5 aliphatic rings. The molecule has 5 rings (SSSR count). The summed E-state index contributed by atoms with van der Waals surface area (Å²) in [7, 11) is 0. The van der Waals surface area contributed by atoms with Crippen LogP contribution < -0.4 is 0 Å². The summed E-state index contributed by atoms with van der Waals surface area (Å²) in [5, 5.41) is 10.5. The summed E-state index contributed by atoms with van der Waals surface area (Å²) in [5.41, 5.74) is -1.13. The van der Waals surface area contributed by atoms with E-state index in [4.69, 9.17) is 9.47 Å². The van der Waals surface area contributed by atoms with Gasteiger partial charge in [-0.3, -0.25) is 9.59 Å². The van der Waals surface area contributed by atoms with Crippen LogP contribution >= 0.6 is 0 Å². The van der Waals surface area contributed by atoms with Crippen LogP contribution in [0, 0.1) is 52.3 Å². The van der Waals surface area contributed by atoms with Gasteiger partial charge in [0.15, 0.2) is 0 Å². The van der Waals surface area contributed by atoms with Crippen molar-refractivity contribution in [2.45, 2.75) is 124 Å². The van der Waals surface area contributed by atoms with Crippen LogP contribution in [0.15, 0.2) is 0 Å². The summed E-state index contributed by atoms with van der Waals surface area (Å²) in [6, 6.07) is 0. The van der Waals surface area contributed by atoms with Crippen LogP contribution in [-0.2, 0) is 19.1 Å². The number of carbonyl (C=O) groups is 2. The first-order valence-electron chi connectivity index (χ1n) is 14.4. The van der Waals surface area contributed by atoms with Crippen molar-refractivity contribution in [1.82, 2.24) is 0 Å². The van der Waals surface area contributed by atoms with Gasteiger partial charge in [-0.25, -0.2) is 0 Å². The van der Waals surface area contributed by atoms with Crippen molar-refractivity contribution in [2.75, 3.05) is 0 Å². The standard InChI is InChI=1S/C30H48O5/c1-16(2)17(3)8-9-18(4)22-10-11-23-21-13-26-30(35-26)14-20(32)12-25(33)29(30,7)27(21)24(34-19(5)31)15-28(22,23)6/h16-18,20-24,26-27,32H,8-15H2,1-7H3/t17?,18?,20-,21-,22+,23?,24?,26+,27?,28+,29+,30+/m0/s1. The van der Waals surface area contributed by atoms with Gasteiger partial charge in [0.05, 0.1) is 17.6 Å². The van der Waals surface area contributed by atoms with Crippen molar-refractivity contribution in [3.05, 3.63) is 0 Å². The average Bonchev–Trinajstić information content (AvgIpc) is 3.34.